The van der Waals surface area contributed by atoms with Crippen molar-refractivity contribution in [1.82, 2.24) is 4.98 Å². The first-order valence-electron chi connectivity index (χ1n) is 8.69. The van der Waals surface area contributed by atoms with E-state index < -0.39 is 5.41 Å². The minimum atomic E-state index is -0.432. The summed E-state index contributed by atoms with van der Waals surface area (Å²) in [7, 11) is 0. The van der Waals surface area contributed by atoms with Gasteiger partial charge in [-0.05, 0) is 52.1 Å². The molecule has 0 bridgehead atoms. The number of rotatable bonds is 2. The summed E-state index contributed by atoms with van der Waals surface area (Å²) in [6.07, 6.45) is 1.87. The summed E-state index contributed by atoms with van der Waals surface area (Å²) in [6, 6.07) is 31.5. The van der Waals surface area contributed by atoms with Crippen LogP contribution in [0.2, 0.25) is 5.02 Å². The van der Waals surface area contributed by atoms with Crippen molar-refractivity contribution in [2.45, 2.75) is 5.41 Å². The molecule has 1 atom stereocenters. The lowest BCUT2D eigenvalue weighted by molar-refractivity contribution is 0.735. The zero-order valence-corrected chi connectivity index (χ0v) is 14.8. The summed E-state index contributed by atoms with van der Waals surface area (Å²) in [5.74, 6) is 0. The molecule has 0 N–H and O–H groups in total. The molecule has 3 aromatic carbocycles. The maximum Gasteiger partial charge on any atom is 0.0885 e. The Morgan fingerprint density at radius 1 is 0.654 bits per heavy atom. The van der Waals surface area contributed by atoms with E-state index in [1.807, 2.05) is 18.3 Å². The number of fused-ring (bicyclic) bond motifs is 3. The molecule has 1 nitrogen and oxygen atoms in total. The summed E-state index contributed by atoms with van der Waals surface area (Å²) in [5, 5.41) is 0.753. The predicted molar refractivity (Wildman–Crippen MR) is 107 cm³/mol. The van der Waals surface area contributed by atoms with Crippen molar-refractivity contribution in [2.24, 2.45) is 0 Å². The second-order valence-corrected chi connectivity index (χ2v) is 7.00. The zero-order chi connectivity index (χ0) is 17.6. The fourth-order valence-corrected chi connectivity index (χ4v) is 4.44. The molecule has 1 aromatic heterocycles. The first-order valence-corrected chi connectivity index (χ1v) is 9.06. The Morgan fingerprint density at radius 3 is 2.19 bits per heavy atom. The molecule has 1 unspecified atom stereocenters. The van der Waals surface area contributed by atoms with E-state index in [2.05, 4.69) is 78.9 Å². The highest BCUT2D eigenvalue weighted by Crippen LogP contribution is 2.55. The SMILES string of the molecule is Clc1ccc2c(c1)-c1ccccc1C2(c1ccccc1)c1ccccn1. The third kappa shape index (κ3) is 2.01. The second kappa shape index (κ2) is 5.82. The third-order valence-electron chi connectivity index (χ3n) is 5.26. The zero-order valence-electron chi connectivity index (χ0n) is 14.1. The highest BCUT2D eigenvalue weighted by molar-refractivity contribution is 6.31. The van der Waals surface area contributed by atoms with E-state index in [1.165, 1.54) is 27.8 Å². The molecule has 4 aromatic rings. The van der Waals surface area contributed by atoms with Crippen molar-refractivity contribution >= 4 is 11.6 Å². The summed E-state index contributed by atoms with van der Waals surface area (Å²) >= 11 is 6.36. The Balaban J connectivity index is 1.98. The van der Waals surface area contributed by atoms with Crippen LogP contribution in [0, 0.1) is 0 Å². The van der Waals surface area contributed by atoms with Gasteiger partial charge in [0.15, 0.2) is 0 Å². The first kappa shape index (κ1) is 15.4. The largest absolute Gasteiger partial charge is 0.260 e. The van der Waals surface area contributed by atoms with Crippen LogP contribution in [0.5, 0.6) is 0 Å². The maximum atomic E-state index is 6.36. The Kier molecular flexibility index (Phi) is 3.44. The molecule has 26 heavy (non-hydrogen) atoms. The van der Waals surface area contributed by atoms with Gasteiger partial charge in [-0.1, -0.05) is 78.3 Å². The molecule has 5 rings (SSSR count). The van der Waals surface area contributed by atoms with Gasteiger partial charge in [0.05, 0.1) is 11.1 Å². The molecule has 0 spiro atoms. The normalized spacial score (nSPS) is 17.6. The van der Waals surface area contributed by atoms with E-state index in [1.54, 1.807) is 0 Å². The predicted octanol–water partition coefficient (Wildman–Crippen LogP) is 6.10. The highest BCUT2D eigenvalue weighted by Gasteiger charge is 2.46. The lowest BCUT2D eigenvalue weighted by Crippen LogP contribution is -2.29. The quantitative estimate of drug-likeness (QED) is 0.373. The molecular weight excluding hydrogens is 338 g/mol. The van der Waals surface area contributed by atoms with Gasteiger partial charge in [0, 0.05) is 11.2 Å². The Morgan fingerprint density at radius 2 is 1.38 bits per heavy atom. The molecule has 1 aliphatic rings. The molecule has 0 fully saturated rings. The molecule has 2 heteroatoms. The van der Waals surface area contributed by atoms with Crippen molar-refractivity contribution < 1.29 is 0 Å². The summed E-state index contributed by atoms with van der Waals surface area (Å²) in [6.45, 7) is 0. The van der Waals surface area contributed by atoms with Crippen molar-refractivity contribution in [3.05, 3.63) is 125 Å². The van der Waals surface area contributed by atoms with Gasteiger partial charge in [-0.25, -0.2) is 0 Å². The fraction of sp³-hybridized carbons (Fsp3) is 0.0417. The maximum absolute atomic E-state index is 6.36. The van der Waals surface area contributed by atoms with Gasteiger partial charge in [-0.3, -0.25) is 4.98 Å². The molecule has 124 valence electrons. The third-order valence-corrected chi connectivity index (χ3v) is 5.50. The molecule has 0 aliphatic heterocycles. The van der Waals surface area contributed by atoms with E-state index >= 15 is 0 Å². The van der Waals surface area contributed by atoms with Crippen molar-refractivity contribution in [2.75, 3.05) is 0 Å². The summed E-state index contributed by atoms with van der Waals surface area (Å²) in [4.78, 5) is 4.80. The van der Waals surface area contributed by atoms with E-state index in [0.717, 1.165) is 10.7 Å². The standard InChI is InChI=1S/C24H16ClN/c25-18-13-14-22-20(16-18)19-10-4-5-11-21(19)24(22,17-8-2-1-3-9-17)23-12-6-7-15-26-23/h1-16H. The van der Waals surface area contributed by atoms with Crippen LogP contribution in [0.25, 0.3) is 11.1 Å². The van der Waals surface area contributed by atoms with Crippen molar-refractivity contribution in [1.29, 1.82) is 0 Å². The van der Waals surface area contributed by atoms with Crippen molar-refractivity contribution in [3.63, 3.8) is 0 Å². The summed E-state index contributed by atoms with van der Waals surface area (Å²) in [5.41, 5.74) is 6.70. The van der Waals surface area contributed by atoms with Crippen LogP contribution in [0.1, 0.15) is 22.4 Å². The molecule has 0 radical (unpaired) electrons. The monoisotopic (exact) mass is 353 g/mol. The number of nitrogens with zero attached hydrogens (tertiary/aromatic N) is 1. The first-order chi connectivity index (χ1) is 12.8. The minimum Gasteiger partial charge on any atom is -0.260 e. The van der Waals surface area contributed by atoms with Crippen LogP contribution in [0.3, 0.4) is 0 Å². The Bertz CT molecular complexity index is 1050. The molecular formula is C24H16ClN. The Hall–Kier alpha value is -2.90. The number of hydrogen-bond donors (Lipinski definition) is 0. The van der Waals surface area contributed by atoms with E-state index in [9.17, 15) is 0 Å². The van der Waals surface area contributed by atoms with Gasteiger partial charge < -0.3 is 0 Å². The molecule has 1 heterocycles. The van der Waals surface area contributed by atoms with Crippen LogP contribution in [-0.4, -0.2) is 4.98 Å². The minimum absolute atomic E-state index is 0.432. The van der Waals surface area contributed by atoms with Crippen LogP contribution in [-0.2, 0) is 5.41 Å². The number of pyridine rings is 1. The van der Waals surface area contributed by atoms with Crippen molar-refractivity contribution in [3.8, 4) is 11.1 Å². The van der Waals surface area contributed by atoms with Crippen LogP contribution >= 0.6 is 11.6 Å². The number of aromatic nitrogens is 1. The van der Waals surface area contributed by atoms with Gasteiger partial charge in [0.1, 0.15) is 0 Å². The molecule has 1 aliphatic carbocycles. The van der Waals surface area contributed by atoms with Crippen LogP contribution in [0.4, 0.5) is 0 Å². The second-order valence-electron chi connectivity index (χ2n) is 6.57. The van der Waals surface area contributed by atoms with Gasteiger partial charge in [0.2, 0.25) is 0 Å². The van der Waals surface area contributed by atoms with Crippen LogP contribution < -0.4 is 0 Å². The van der Waals surface area contributed by atoms with Gasteiger partial charge in [-0.2, -0.15) is 0 Å². The molecule has 0 saturated heterocycles. The van der Waals surface area contributed by atoms with E-state index in [-0.39, 0.29) is 0 Å². The van der Waals surface area contributed by atoms with Gasteiger partial charge in [0.25, 0.3) is 0 Å². The number of hydrogen-bond acceptors (Lipinski definition) is 1. The lowest BCUT2D eigenvalue weighted by Gasteiger charge is -2.32. The smallest absolute Gasteiger partial charge is 0.0885 e. The van der Waals surface area contributed by atoms with E-state index in [0.29, 0.717) is 0 Å². The lowest BCUT2D eigenvalue weighted by atomic mass is 9.70. The fourth-order valence-electron chi connectivity index (χ4n) is 4.26. The Labute approximate surface area is 157 Å². The van der Waals surface area contributed by atoms with Crippen LogP contribution in [0.15, 0.2) is 97.2 Å². The van der Waals surface area contributed by atoms with Gasteiger partial charge >= 0.3 is 0 Å². The summed E-state index contributed by atoms with van der Waals surface area (Å²) < 4.78 is 0. The molecule has 0 saturated carbocycles. The topological polar surface area (TPSA) is 12.9 Å². The average molecular weight is 354 g/mol. The number of halogens is 1. The van der Waals surface area contributed by atoms with Gasteiger partial charge in [-0.15, -0.1) is 0 Å². The number of benzene rings is 3. The van der Waals surface area contributed by atoms with E-state index in [4.69, 9.17) is 16.6 Å². The highest BCUT2D eigenvalue weighted by atomic mass is 35.5. The average Bonchev–Trinajstić information content (AvgIpc) is 3.00. The molecule has 0 amide bonds.